The first-order chi connectivity index (χ1) is 10.4. The van der Waals surface area contributed by atoms with Gasteiger partial charge in [0.15, 0.2) is 0 Å². The van der Waals surface area contributed by atoms with Crippen molar-refractivity contribution in [3.8, 4) is 5.75 Å². The largest absolute Gasteiger partial charge is 0.426 e. The molecular weight excluding hydrogens is 300 g/mol. The summed E-state index contributed by atoms with van der Waals surface area (Å²) < 4.78 is 7.30. The number of carbonyl (C=O) groups excluding carboxylic acids is 1. The van der Waals surface area contributed by atoms with Gasteiger partial charge >= 0.3 is 5.97 Å². The molecular formula is C17H21ClN2O2. The molecule has 0 unspecified atom stereocenters. The van der Waals surface area contributed by atoms with Crippen molar-refractivity contribution in [2.45, 2.75) is 40.7 Å². The average molecular weight is 321 g/mol. The van der Waals surface area contributed by atoms with Crippen LogP contribution in [-0.2, 0) is 17.8 Å². The van der Waals surface area contributed by atoms with Gasteiger partial charge < -0.3 is 4.74 Å². The first-order valence-corrected chi connectivity index (χ1v) is 7.73. The van der Waals surface area contributed by atoms with Gasteiger partial charge in [-0.15, -0.1) is 0 Å². The summed E-state index contributed by atoms with van der Waals surface area (Å²) in [7, 11) is 0. The highest BCUT2D eigenvalue weighted by Gasteiger charge is 2.16. The number of aromatic nitrogens is 2. The SMILES string of the molecule is Cc1nn(CC(C)C)c(C)c1CC(=O)Oc1ccc(Cl)cc1. The van der Waals surface area contributed by atoms with E-state index in [1.165, 1.54) is 0 Å². The molecule has 0 aliphatic rings. The first-order valence-electron chi connectivity index (χ1n) is 7.36. The van der Waals surface area contributed by atoms with Gasteiger partial charge in [0.25, 0.3) is 0 Å². The molecule has 1 aromatic carbocycles. The number of carbonyl (C=O) groups is 1. The van der Waals surface area contributed by atoms with Crippen LogP contribution in [0.5, 0.6) is 5.75 Å². The summed E-state index contributed by atoms with van der Waals surface area (Å²) in [6, 6.07) is 6.76. The van der Waals surface area contributed by atoms with Crippen LogP contribution in [0.2, 0.25) is 5.02 Å². The van der Waals surface area contributed by atoms with E-state index in [9.17, 15) is 4.79 Å². The number of ether oxygens (including phenoxy) is 1. The minimum absolute atomic E-state index is 0.221. The minimum Gasteiger partial charge on any atom is -0.426 e. The summed E-state index contributed by atoms with van der Waals surface area (Å²) in [5, 5.41) is 5.13. The van der Waals surface area contributed by atoms with Crippen LogP contribution in [0.15, 0.2) is 24.3 Å². The van der Waals surface area contributed by atoms with Gasteiger partial charge in [0, 0.05) is 22.8 Å². The highest BCUT2D eigenvalue weighted by molar-refractivity contribution is 6.30. The van der Waals surface area contributed by atoms with Crippen molar-refractivity contribution in [1.29, 1.82) is 0 Å². The maximum absolute atomic E-state index is 12.1. The monoisotopic (exact) mass is 320 g/mol. The number of rotatable bonds is 5. The van der Waals surface area contributed by atoms with E-state index in [4.69, 9.17) is 16.3 Å². The second kappa shape index (κ2) is 6.97. The van der Waals surface area contributed by atoms with E-state index < -0.39 is 0 Å². The maximum Gasteiger partial charge on any atom is 0.315 e. The Morgan fingerprint density at radius 3 is 2.50 bits per heavy atom. The highest BCUT2D eigenvalue weighted by Crippen LogP contribution is 2.19. The Morgan fingerprint density at radius 2 is 1.91 bits per heavy atom. The summed E-state index contributed by atoms with van der Waals surface area (Å²) in [5.41, 5.74) is 2.85. The number of hydrogen-bond donors (Lipinski definition) is 0. The summed E-state index contributed by atoms with van der Waals surface area (Å²) in [5.74, 6) is 0.712. The fourth-order valence-electron chi connectivity index (χ4n) is 2.33. The van der Waals surface area contributed by atoms with Gasteiger partial charge in [-0.05, 0) is 44.0 Å². The summed E-state index contributed by atoms with van der Waals surface area (Å²) in [6.07, 6.45) is 0.221. The minimum atomic E-state index is -0.294. The molecule has 2 aromatic rings. The molecule has 1 heterocycles. The molecule has 0 aliphatic carbocycles. The summed E-state index contributed by atoms with van der Waals surface area (Å²) in [6.45, 7) is 9.05. The lowest BCUT2D eigenvalue weighted by molar-refractivity contribution is -0.133. The number of halogens is 1. The second-order valence-corrected chi connectivity index (χ2v) is 6.27. The van der Waals surface area contributed by atoms with Gasteiger partial charge in [-0.1, -0.05) is 25.4 Å². The van der Waals surface area contributed by atoms with Crippen molar-refractivity contribution < 1.29 is 9.53 Å². The zero-order chi connectivity index (χ0) is 16.3. The molecule has 22 heavy (non-hydrogen) atoms. The zero-order valence-electron chi connectivity index (χ0n) is 13.4. The van der Waals surface area contributed by atoms with E-state index >= 15 is 0 Å². The van der Waals surface area contributed by atoms with E-state index in [1.54, 1.807) is 24.3 Å². The average Bonchev–Trinajstić information content (AvgIpc) is 2.68. The van der Waals surface area contributed by atoms with Gasteiger partial charge in [0.1, 0.15) is 5.75 Å². The Balaban J connectivity index is 2.08. The molecule has 0 bridgehead atoms. The lowest BCUT2D eigenvalue weighted by Gasteiger charge is -2.08. The van der Waals surface area contributed by atoms with Crippen LogP contribution in [0.25, 0.3) is 0 Å². The molecule has 2 rings (SSSR count). The number of esters is 1. The van der Waals surface area contributed by atoms with Crippen molar-refractivity contribution in [2.24, 2.45) is 5.92 Å². The lowest BCUT2D eigenvalue weighted by atomic mass is 10.1. The van der Waals surface area contributed by atoms with Gasteiger partial charge in [0.2, 0.25) is 0 Å². The predicted molar refractivity (Wildman–Crippen MR) is 87.3 cm³/mol. The van der Waals surface area contributed by atoms with Crippen LogP contribution in [0.3, 0.4) is 0 Å². The van der Waals surface area contributed by atoms with Crippen LogP contribution < -0.4 is 4.74 Å². The topological polar surface area (TPSA) is 44.1 Å². The van der Waals surface area contributed by atoms with Crippen LogP contribution in [0.1, 0.15) is 30.8 Å². The number of hydrogen-bond acceptors (Lipinski definition) is 3. The Bertz CT molecular complexity index is 660. The third kappa shape index (κ3) is 4.10. The van der Waals surface area contributed by atoms with E-state index in [-0.39, 0.29) is 12.4 Å². The molecule has 0 spiro atoms. The Kier molecular flexibility index (Phi) is 5.24. The highest BCUT2D eigenvalue weighted by atomic mass is 35.5. The van der Waals surface area contributed by atoms with Gasteiger partial charge in [0.05, 0.1) is 12.1 Å². The summed E-state index contributed by atoms with van der Waals surface area (Å²) >= 11 is 5.81. The molecule has 0 N–H and O–H groups in total. The third-order valence-electron chi connectivity index (χ3n) is 3.44. The van der Waals surface area contributed by atoms with E-state index in [0.717, 1.165) is 23.5 Å². The predicted octanol–water partition coefficient (Wildman–Crippen LogP) is 3.96. The Hall–Kier alpha value is -1.81. The number of benzene rings is 1. The lowest BCUT2D eigenvalue weighted by Crippen LogP contribution is -2.13. The molecule has 4 nitrogen and oxygen atoms in total. The standard InChI is InChI=1S/C17H21ClN2O2/c1-11(2)10-20-13(4)16(12(3)19-20)9-17(21)22-15-7-5-14(18)6-8-15/h5-8,11H,9-10H2,1-4H3. The molecule has 0 aliphatic heterocycles. The summed E-state index contributed by atoms with van der Waals surface area (Å²) in [4.78, 5) is 12.1. The van der Waals surface area contributed by atoms with Gasteiger partial charge in [-0.25, -0.2) is 0 Å². The van der Waals surface area contributed by atoms with Crippen LogP contribution in [0.4, 0.5) is 0 Å². The van der Waals surface area contributed by atoms with E-state index in [0.29, 0.717) is 16.7 Å². The third-order valence-corrected chi connectivity index (χ3v) is 3.69. The second-order valence-electron chi connectivity index (χ2n) is 5.83. The molecule has 118 valence electrons. The molecule has 0 atom stereocenters. The van der Waals surface area contributed by atoms with Crippen molar-refractivity contribution in [1.82, 2.24) is 9.78 Å². The van der Waals surface area contributed by atoms with Crippen LogP contribution in [-0.4, -0.2) is 15.7 Å². The quantitative estimate of drug-likeness (QED) is 0.618. The molecule has 0 amide bonds. The zero-order valence-corrected chi connectivity index (χ0v) is 14.1. The van der Waals surface area contributed by atoms with E-state index in [2.05, 4.69) is 18.9 Å². The van der Waals surface area contributed by atoms with Crippen molar-refractivity contribution in [2.75, 3.05) is 0 Å². The number of aryl methyl sites for hydroxylation is 1. The van der Waals surface area contributed by atoms with Crippen molar-refractivity contribution in [3.05, 3.63) is 46.2 Å². The van der Waals surface area contributed by atoms with Gasteiger partial charge in [-0.2, -0.15) is 5.10 Å². The van der Waals surface area contributed by atoms with Crippen molar-refractivity contribution >= 4 is 17.6 Å². The molecule has 0 radical (unpaired) electrons. The van der Waals surface area contributed by atoms with E-state index in [1.807, 2.05) is 18.5 Å². The van der Waals surface area contributed by atoms with Crippen LogP contribution in [0, 0.1) is 19.8 Å². The Labute approximate surface area is 136 Å². The molecule has 0 fully saturated rings. The van der Waals surface area contributed by atoms with Gasteiger partial charge in [-0.3, -0.25) is 9.48 Å². The molecule has 1 aromatic heterocycles. The first kappa shape index (κ1) is 16.6. The fourth-order valence-corrected chi connectivity index (χ4v) is 2.45. The normalized spacial score (nSPS) is 11.0. The fraction of sp³-hybridized carbons (Fsp3) is 0.412. The maximum atomic E-state index is 12.1. The molecule has 5 heteroatoms. The van der Waals surface area contributed by atoms with Crippen molar-refractivity contribution in [3.63, 3.8) is 0 Å². The molecule has 0 saturated heterocycles. The van der Waals surface area contributed by atoms with Crippen LogP contribution >= 0.6 is 11.6 Å². The Morgan fingerprint density at radius 1 is 1.27 bits per heavy atom. The smallest absolute Gasteiger partial charge is 0.315 e. The molecule has 0 saturated carbocycles. The number of nitrogens with zero attached hydrogens (tertiary/aromatic N) is 2.